The highest BCUT2D eigenvalue weighted by molar-refractivity contribution is 6.13. The second-order valence-electron chi connectivity index (χ2n) is 7.00. The summed E-state index contributed by atoms with van der Waals surface area (Å²) in [5, 5.41) is 3.31. The lowest BCUT2D eigenvalue weighted by atomic mass is 10.1. The highest BCUT2D eigenvalue weighted by Crippen LogP contribution is 2.37. The number of ether oxygens (including phenoxy) is 1. The first kappa shape index (κ1) is 17.9. The molecule has 1 aliphatic rings. The van der Waals surface area contributed by atoms with Crippen LogP contribution in [0, 0.1) is 0 Å². The van der Waals surface area contributed by atoms with Crippen LogP contribution in [0.4, 0.5) is 17.2 Å². The summed E-state index contributed by atoms with van der Waals surface area (Å²) in [7, 11) is 0. The summed E-state index contributed by atoms with van der Waals surface area (Å²) in [6.45, 7) is 0.448. The van der Waals surface area contributed by atoms with E-state index in [1.54, 1.807) is 17.2 Å². The Kier molecular flexibility index (Phi) is 4.62. The number of benzene rings is 3. The van der Waals surface area contributed by atoms with Crippen LogP contribution in [-0.2, 0) is 6.54 Å². The van der Waals surface area contributed by atoms with Crippen molar-refractivity contribution in [3.63, 3.8) is 0 Å². The summed E-state index contributed by atoms with van der Waals surface area (Å²) >= 11 is 0. The number of nitrogens with one attached hydrogen (secondary N) is 1. The number of hydrogen-bond donors (Lipinski definition) is 1. The van der Waals surface area contributed by atoms with E-state index >= 15 is 0 Å². The van der Waals surface area contributed by atoms with Crippen molar-refractivity contribution in [2.75, 3.05) is 10.2 Å². The number of aromatic nitrogens is 1. The molecule has 0 radical (unpaired) electrons. The van der Waals surface area contributed by atoms with Crippen molar-refractivity contribution in [1.29, 1.82) is 0 Å². The number of carbonyl (C=O) groups excluding carboxylic acids is 1. The van der Waals surface area contributed by atoms with Crippen LogP contribution in [0.25, 0.3) is 0 Å². The highest BCUT2D eigenvalue weighted by atomic mass is 16.5. The van der Waals surface area contributed by atoms with Gasteiger partial charge in [-0.1, -0.05) is 48.5 Å². The van der Waals surface area contributed by atoms with Crippen LogP contribution >= 0.6 is 0 Å². The number of fused-ring (bicyclic) bond motifs is 2. The molecule has 2 heterocycles. The zero-order chi connectivity index (χ0) is 20.3. The van der Waals surface area contributed by atoms with E-state index in [9.17, 15) is 4.79 Å². The average molecular weight is 393 g/mol. The predicted molar refractivity (Wildman–Crippen MR) is 117 cm³/mol. The maximum Gasteiger partial charge on any atom is 0.260 e. The molecule has 0 atom stereocenters. The normalized spacial score (nSPS) is 12.4. The first-order valence-corrected chi connectivity index (χ1v) is 9.73. The first-order chi connectivity index (χ1) is 14.8. The van der Waals surface area contributed by atoms with Crippen LogP contribution in [0.2, 0.25) is 0 Å². The van der Waals surface area contributed by atoms with Gasteiger partial charge in [0.05, 0.1) is 23.5 Å². The van der Waals surface area contributed by atoms with E-state index in [1.165, 1.54) is 0 Å². The number of carbonyl (C=O) groups is 1. The first-order valence-electron chi connectivity index (χ1n) is 9.73. The summed E-state index contributed by atoms with van der Waals surface area (Å²) in [6.07, 6.45) is 1.72. The standard InChI is InChI=1S/C25H19N3O2/c29-25-21-16-20(30-19-10-5-2-6-11-19)13-14-22(21)27-24-23(12-7-15-26-24)28(25)17-18-8-3-1-4-9-18/h1-16H,17H2,(H,26,27). The van der Waals surface area contributed by atoms with Crippen molar-refractivity contribution in [1.82, 2.24) is 4.98 Å². The lowest BCUT2D eigenvalue weighted by molar-refractivity contribution is 0.0986. The Bertz CT molecular complexity index is 1190. The third-order valence-corrected chi connectivity index (χ3v) is 4.96. The van der Waals surface area contributed by atoms with Gasteiger partial charge in [0, 0.05) is 6.20 Å². The molecule has 0 bridgehead atoms. The molecule has 0 saturated carbocycles. The van der Waals surface area contributed by atoms with E-state index in [2.05, 4.69) is 10.3 Å². The van der Waals surface area contributed by atoms with Crippen molar-refractivity contribution in [2.45, 2.75) is 6.54 Å². The van der Waals surface area contributed by atoms with Gasteiger partial charge in [-0.15, -0.1) is 0 Å². The maximum absolute atomic E-state index is 13.6. The fourth-order valence-electron chi connectivity index (χ4n) is 3.51. The Balaban J connectivity index is 1.55. The lowest BCUT2D eigenvalue weighted by Gasteiger charge is -2.22. The molecule has 0 fully saturated rings. The minimum absolute atomic E-state index is 0.105. The molecule has 5 nitrogen and oxygen atoms in total. The van der Waals surface area contributed by atoms with Crippen LogP contribution in [0.3, 0.4) is 0 Å². The summed E-state index contributed by atoms with van der Waals surface area (Å²) in [4.78, 5) is 19.8. The summed E-state index contributed by atoms with van der Waals surface area (Å²) in [6, 6.07) is 28.7. The highest BCUT2D eigenvalue weighted by Gasteiger charge is 2.28. The summed E-state index contributed by atoms with van der Waals surface area (Å²) in [5.41, 5.74) is 3.03. The smallest absolute Gasteiger partial charge is 0.260 e. The van der Waals surface area contributed by atoms with Gasteiger partial charge in [0.15, 0.2) is 5.82 Å². The zero-order valence-corrected chi connectivity index (χ0v) is 16.2. The van der Waals surface area contributed by atoms with E-state index in [-0.39, 0.29) is 5.91 Å². The Morgan fingerprint density at radius 1 is 0.833 bits per heavy atom. The zero-order valence-electron chi connectivity index (χ0n) is 16.2. The number of nitrogens with zero attached hydrogens (tertiary/aromatic N) is 2. The topological polar surface area (TPSA) is 54.5 Å². The molecule has 4 aromatic rings. The SMILES string of the molecule is O=C1c2cc(Oc3ccccc3)ccc2Nc2ncccc2N1Cc1ccccc1. The van der Waals surface area contributed by atoms with E-state index in [4.69, 9.17) is 4.74 Å². The third-order valence-electron chi connectivity index (χ3n) is 4.96. The van der Waals surface area contributed by atoms with Crippen LogP contribution in [-0.4, -0.2) is 10.9 Å². The maximum atomic E-state index is 13.6. The molecule has 0 unspecified atom stereocenters. The molecule has 1 aromatic heterocycles. The van der Waals surface area contributed by atoms with Gasteiger partial charge in [0.2, 0.25) is 0 Å². The van der Waals surface area contributed by atoms with Gasteiger partial charge in [-0.2, -0.15) is 0 Å². The molecule has 1 N–H and O–H groups in total. The molecule has 146 valence electrons. The second kappa shape index (κ2) is 7.72. The van der Waals surface area contributed by atoms with E-state index in [0.717, 1.165) is 17.0 Å². The van der Waals surface area contributed by atoms with E-state index in [0.29, 0.717) is 29.4 Å². The van der Waals surface area contributed by atoms with Gasteiger partial charge >= 0.3 is 0 Å². The van der Waals surface area contributed by atoms with Gasteiger partial charge in [-0.25, -0.2) is 4.98 Å². The van der Waals surface area contributed by atoms with Crippen molar-refractivity contribution >= 4 is 23.1 Å². The van der Waals surface area contributed by atoms with Gasteiger partial charge in [-0.05, 0) is 48.0 Å². The van der Waals surface area contributed by atoms with Crippen molar-refractivity contribution in [3.05, 3.63) is 108 Å². The molecular formula is C25H19N3O2. The number of hydrogen-bond acceptors (Lipinski definition) is 4. The quantitative estimate of drug-likeness (QED) is 0.478. The number of rotatable bonds is 4. The molecule has 30 heavy (non-hydrogen) atoms. The molecule has 0 saturated heterocycles. The minimum atomic E-state index is -0.105. The molecule has 1 amide bonds. The van der Waals surface area contributed by atoms with Crippen LogP contribution in [0.15, 0.2) is 97.2 Å². The van der Waals surface area contributed by atoms with Crippen molar-refractivity contribution in [2.24, 2.45) is 0 Å². The summed E-state index contributed by atoms with van der Waals surface area (Å²) < 4.78 is 5.95. The molecule has 0 spiro atoms. The number of anilines is 3. The third kappa shape index (κ3) is 3.49. The van der Waals surface area contributed by atoms with Gasteiger partial charge in [0.1, 0.15) is 11.5 Å². The van der Waals surface area contributed by atoms with Crippen LogP contribution in [0.1, 0.15) is 15.9 Å². The van der Waals surface area contributed by atoms with Crippen LogP contribution in [0.5, 0.6) is 11.5 Å². The van der Waals surface area contributed by atoms with Crippen LogP contribution < -0.4 is 15.0 Å². The van der Waals surface area contributed by atoms with E-state index in [1.807, 2.05) is 84.9 Å². The molecule has 1 aliphatic heterocycles. The monoisotopic (exact) mass is 393 g/mol. The van der Waals surface area contributed by atoms with Gasteiger partial charge < -0.3 is 15.0 Å². The largest absolute Gasteiger partial charge is 0.457 e. The van der Waals surface area contributed by atoms with Crippen molar-refractivity contribution in [3.8, 4) is 11.5 Å². The Morgan fingerprint density at radius 2 is 1.60 bits per heavy atom. The minimum Gasteiger partial charge on any atom is -0.457 e. The van der Waals surface area contributed by atoms with Gasteiger partial charge in [0.25, 0.3) is 5.91 Å². The van der Waals surface area contributed by atoms with Crippen molar-refractivity contribution < 1.29 is 9.53 Å². The Morgan fingerprint density at radius 3 is 2.40 bits per heavy atom. The number of para-hydroxylation sites is 1. The Labute approximate surface area is 174 Å². The molecule has 5 rings (SSSR count). The summed E-state index contributed by atoms with van der Waals surface area (Å²) in [5.74, 6) is 1.87. The second-order valence-corrected chi connectivity index (χ2v) is 7.00. The molecule has 5 heteroatoms. The fourth-order valence-corrected chi connectivity index (χ4v) is 3.51. The molecular weight excluding hydrogens is 374 g/mol. The molecule has 3 aromatic carbocycles. The number of pyridine rings is 1. The average Bonchev–Trinajstić information content (AvgIpc) is 2.90. The predicted octanol–water partition coefficient (Wildman–Crippen LogP) is 5.78. The molecule has 0 aliphatic carbocycles. The van der Waals surface area contributed by atoms with Gasteiger partial charge in [-0.3, -0.25) is 4.79 Å². The number of amides is 1. The Hall–Kier alpha value is -4.12. The van der Waals surface area contributed by atoms with E-state index < -0.39 is 0 Å². The fraction of sp³-hybridized carbons (Fsp3) is 0.0400. The lowest BCUT2D eigenvalue weighted by Crippen LogP contribution is -2.29.